The highest BCUT2D eigenvalue weighted by Crippen LogP contribution is 2.20. The van der Waals surface area contributed by atoms with Crippen molar-refractivity contribution in [2.45, 2.75) is 26.2 Å². The third-order valence-electron chi connectivity index (χ3n) is 5.42. The molecule has 2 heterocycles. The van der Waals surface area contributed by atoms with Gasteiger partial charge >= 0.3 is 5.97 Å². The van der Waals surface area contributed by atoms with Crippen LogP contribution in [0.5, 0.6) is 0 Å². The van der Waals surface area contributed by atoms with Crippen LogP contribution in [0.25, 0.3) is 0 Å². The Hall–Kier alpha value is -3.34. The van der Waals surface area contributed by atoms with E-state index in [4.69, 9.17) is 4.74 Å². The third kappa shape index (κ3) is 6.60. The van der Waals surface area contributed by atoms with Crippen molar-refractivity contribution in [1.29, 1.82) is 0 Å². The van der Waals surface area contributed by atoms with E-state index in [-0.39, 0.29) is 53.9 Å². The summed E-state index contributed by atoms with van der Waals surface area (Å²) in [7, 11) is 1.53. The van der Waals surface area contributed by atoms with Gasteiger partial charge in [-0.15, -0.1) is 11.3 Å². The van der Waals surface area contributed by atoms with E-state index >= 15 is 0 Å². The molecule has 1 aliphatic rings. The minimum absolute atomic E-state index is 0.0543. The van der Waals surface area contributed by atoms with E-state index in [0.29, 0.717) is 31.7 Å². The molecule has 1 aromatic carbocycles. The number of anilines is 1. The highest BCUT2D eigenvalue weighted by molar-refractivity contribution is 7.14. The number of thiazole rings is 1. The molecule has 9 nitrogen and oxygen atoms in total. The number of nitrogens with zero attached hydrogens (tertiary/aromatic N) is 3. The van der Waals surface area contributed by atoms with Crippen LogP contribution in [0.3, 0.4) is 0 Å². The molecule has 1 fully saturated rings. The molecule has 182 valence electrons. The molecule has 1 unspecified atom stereocenters. The maximum Gasteiger partial charge on any atom is 0.310 e. The van der Waals surface area contributed by atoms with Gasteiger partial charge in [0.25, 0.3) is 5.91 Å². The number of carbonyl (C=O) groups excluding carboxylic acids is 4. The highest BCUT2D eigenvalue weighted by Gasteiger charge is 2.30. The summed E-state index contributed by atoms with van der Waals surface area (Å²) >= 11 is 1.12. The zero-order valence-electron chi connectivity index (χ0n) is 19.1. The fraction of sp³-hybridized carbons (Fsp3) is 0.435. The van der Waals surface area contributed by atoms with E-state index in [1.807, 2.05) is 0 Å². The number of benzene rings is 1. The maximum atomic E-state index is 13.8. The van der Waals surface area contributed by atoms with E-state index in [1.54, 1.807) is 23.3 Å². The number of esters is 1. The quantitative estimate of drug-likeness (QED) is 0.569. The molecule has 0 aliphatic carbocycles. The van der Waals surface area contributed by atoms with Crippen molar-refractivity contribution in [2.24, 2.45) is 5.92 Å². The second kappa shape index (κ2) is 11.7. The van der Waals surface area contributed by atoms with E-state index < -0.39 is 11.7 Å². The average molecular weight is 491 g/mol. The van der Waals surface area contributed by atoms with Crippen LogP contribution in [0, 0.1) is 11.7 Å². The number of hydrogen-bond acceptors (Lipinski definition) is 7. The molecule has 0 bridgehead atoms. The Balaban J connectivity index is 1.50. The Morgan fingerprint density at radius 3 is 2.79 bits per heavy atom. The Morgan fingerprint density at radius 1 is 1.29 bits per heavy atom. The number of likely N-dealkylation sites (tertiary alicyclic amines) is 1. The van der Waals surface area contributed by atoms with Gasteiger partial charge in [0.15, 0.2) is 5.13 Å². The van der Waals surface area contributed by atoms with Gasteiger partial charge in [0, 0.05) is 25.5 Å². The predicted molar refractivity (Wildman–Crippen MR) is 124 cm³/mol. The standard InChI is InChI=1S/C23H27FN4O5S/c1-3-33-22(32)15-7-6-10-28(12-15)20(30)13-27(2)19(29)11-16-14-34-23(25-16)26-21(31)17-8-4-5-9-18(17)24/h4-5,8-9,14-15H,3,6-7,10-13H2,1-2H3,(H,25,26,31). The van der Waals surface area contributed by atoms with Crippen molar-refractivity contribution < 1.29 is 28.3 Å². The van der Waals surface area contributed by atoms with Crippen molar-refractivity contribution in [3.8, 4) is 0 Å². The van der Waals surface area contributed by atoms with Crippen molar-refractivity contribution in [1.82, 2.24) is 14.8 Å². The minimum atomic E-state index is -0.638. The number of aromatic nitrogens is 1. The summed E-state index contributed by atoms with van der Waals surface area (Å²) in [6.45, 7) is 2.75. The number of amides is 3. The summed E-state index contributed by atoms with van der Waals surface area (Å²) in [6.07, 6.45) is 1.32. The van der Waals surface area contributed by atoms with Crippen LogP contribution >= 0.6 is 11.3 Å². The van der Waals surface area contributed by atoms with Gasteiger partial charge in [-0.2, -0.15) is 0 Å². The SMILES string of the molecule is CCOC(=O)C1CCCN(C(=O)CN(C)C(=O)Cc2csc(NC(=O)c3ccccc3F)n2)C1. The van der Waals surface area contributed by atoms with Gasteiger partial charge in [0.1, 0.15) is 5.82 Å². The van der Waals surface area contributed by atoms with Gasteiger partial charge in [0.05, 0.1) is 36.7 Å². The number of piperidine rings is 1. The van der Waals surface area contributed by atoms with E-state index in [9.17, 15) is 23.6 Å². The van der Waals surface area contributed by atoms with Crippen LogP contribution < -0.4 is 5.32 Å². The summed E-state index contributed by atoms with van der Waals surface area (Å²) in [4.78, 5) is 56.6. The molecule has 11 heteroatoms. The summed E-state index contributed by atoms with van der Waals surface area (Å²) < 4.78 is 18.8. The van der Waals surface area contributed by atoms with E-state index in [2.05, 4.69) is 10.3 Å². The number of hydrogen-bond donors (Lipinski definition) is 1. The summed E-state index contributed by atoms with van der Waals surface area (Å²) in [6, 6.07) is 5.61. The summed E-state index contributed by atoms with van der Waals surface area (Å²) in [5.41, 5.74) is 0.329. The van der Waals surface area contributed by atoms with Gasteiger partial charge in [-0.25, -0.2) is 9.37 Å². The lowest BCUT2D eigenvalue weighted by Crippen LogP contribution is -2.47. The van der Waals surface area contributed by atoms with Gasteiger partial charge in [-0.1, -0.05) is 12.1 Å². The second-order valence-electron chi connectivity index (χ2n) is 7.94. The van der Waals surface area contributed by atoms with Gasteiger partial charge in [0.2, 0.25) is 11.8 Å². The Morgan fingerprint density at radius 2 is 2.06 bits per heavy atom. The molecular formula is C23H27FN4O5S. The number of rotatable bonds is 8. The molecule has 1 N–H and O–H groups in total. The number of nitrogens with one attached hydrogen (secondary N) is 1. The molecule has 1 saturated heterocycles. The maximum absolute atomic E-state index is 13.8. The second-order valence-corrected chi connectivity index (χ2v) is 8.79. The summed E-state index contributed by atoms with van der Waals surface area (Å²) in [5, 5.41) is 4.39. The fourth-order valence-corrected chi connectivity index (χ4v) is 4.30. The van der Waals surface area contributed by atoms with Crippen molar-refractivity contribution in [3.05, 3.63) is 46.7 Å². The molecule has 3 amide bonds. The lowest BCUT2D eigenvalue weighted by atomic mass is 9.98. The van der Waals surface area contributed by atoms with Crippen LogP contribution in [-0.2, 0) is 25.5 Å². The lowest BCUT2D eigenvalue weighted by Gasteiger charge is -2.32. The Labute approximate surface area is 200 Å². The molecule has 2 aromatic rings. The first-order valence-corrected chi connectivity index (χ1v) is 11.8. The van der Waals surface area contributed by atoms with Gasteiger partial charge in [-0.05, 0) is 31.9 Å². The number of likely N-dealkylation sites (N-methyl/N-ethyl adjacent to an activating group) is 1. The topological polar surface area (TPSA) is 109 Å². The monoisotopic (exact) mass is 490 g/mol. The molecule has 0 radical (unpaired) electrons. The molecule has 1 aromatic heterocycles. The summed E-state index contributed by atoms with van der Waals surface area (Å²) in [5.74, 6) is -2.46. The molecule has 0 spiro atoms. The molecular weight excluding hydrogens is 463 g/mol. The molecule has 1 aliphatic heterocycles. The van der Waals surface area contributed by atoms with Crippen LogP contribution in [0.2, 0.25) is 0 Å². The Kier molecular flexibility index (Phi) is 8.69. The van der Waals surface area contributed by atoms with E-state index in [0.717, 1.165) is 11.3 Å². The van der Waals surface area contributed by atoms with Crippen LogP contribution in [-0.4, -0.2) is 71.8 Å². The number of ether oxygens (including phenoxy) is 1. The number of carbonyl (C=O) groups is 4. The zero-order valence-corrected chi connectivity index (χ0v) is 19.9. The molecule has 0 saturated carbocycles. The van der Waals surface area contributed by atoms with Crippen molar-refractivity contribution in [2.75, 3.05) is 38.6 Å². The van der Waals surface area contributed by atoms with Crippen LogP contribution in [0.1, 0.15) is 35.8 Å². The normalized spacial score (nSPS) is 15.5. The first kappa shape index (κ1) is 25.3. The van der Waals surface area contributed by atoms with Crippen LogP contribution in [0.4, 0.5) is 9.52 Å². The number of halogens is 1. The van der Waals surface area contributed by atoms with E-state index in [1.165, 1.54) is 30.1 Å². The predicted octanol–water partition coefficient (Wildman–Crippen LogP) is 2.34. The Bertz CT molecular complexity index is 1060. The lowest BCUT2D eigenvalue weighted by molar-refractivity contribution is -0.152. The first-order chi connectivity index (χ1) is 16.3. The zero-order chi connectivity index (χ0) is 24.7. The van der Waals surface area contributed by atoms with Gasteiger partial charge < -0.3 is 14.5 Å². The van der Waals surface area contributed by atoms with Crippen molar-refractivity contribution >= 4 is 40.2 Å². The van der Waals surface area contributed by atoms with Crippen molar-refractivity contribution in [3.63, 3.8) is 0 Å². The van der Waals surface area contributed by atoms with Gasteiger partial charge in [-0.3, -0.25) is 24.5 Å². The largest absolute Gasteiger partial charge is 0.466 e. The van der Waals surface area contributed by atoms with Crippen LogP contribution in [0.15, 0.2) is 29.6 Å². The third-order valence-corrected chi connectivity index (χ3v) is 6.22. The molecule has 34 heavy (non-hydrogen) atoms. The fourth-order valence-electron chi connectivity index (χ4n) is 3.59. The smallest absolute Gasteiger partial charge is 0.310 e. The average Bonchev–Trinajstić information content (AvgIpc) is 3.25. The molecule has 1 atom stereocenters. The molecule has 3 rings (SSSR count). The first-order valence-electron chi connectivity index (χ1n) is 11.0. The minimum Gasteiger partial charge on any atom is -0.466 e. The highest BCUT2D eigenvalue weighted by atomic mass is 32.1.